The summed E-state index contributed by atoms with van der Waals surface area (Å²) < 4.78 is 0. The number of carbonyl (C=O) groups is 4. The van der Waals surface area contributed by atoms with Gasteiger partial charge < -0.3 is 26.8 Å². The van der Waals surface area contributed by atoms with Crippen LogP contribution in [0.25, 0.3) is 0 Å². The van der Waals surface area contributed by atoms with Crippen molar-refractivity contribution in [3.63, 3.8) is 0 Å². The fourth-order valence-corrected chi connectivity index (χ4v) is 3.30. The standard InChI is InChI=1S/C24H38N4O5/c1-14(2)11-18(26-21(29)16(5)25)22(30)27-19(13-17-9-7-6-8-10-17)23(31)28-20(24(32)33)12-15(3)4/h6-10,14-16,18-20H,11-13,25H2,1-5H3,(H,26,29)(H,27,30)(H,28,31)(H,32,33). The fourth-order valence-electron chi connectivity index (χ4n) is 3.30. The quantitative estimate of drug-likeness (QED) is 0.297. The predicted octanol–water partition coefficient (Wildman–Crippen LogP) is 1.21. The third-order valence-electron chi connectivity index (χ3n) is 4.99. The van der Waals surface area contributed by atoms with Crippen LogP contribution in [-0.4, -0.2) is 53.0 Å². The van der Waals surface area contributed by atoms with E-state index in [2.05, 4.69) is 16.0 Å². The van der Waals surface area contributed by atoms with Crippen molar-refractivity contribution in [1.29, 1.82) is 0 Å². The summed E-state index contributed by atoms with van der Waals surface area (Å²) in [6.45, 7) is 9.07. The zero-order valence-electron chi connectivity index (χ0n) is 20.1. The minimum Gasteiger partial charge on any atom is -0.480 e. The maximum Gasteiger partial charge on any atom is 0.326 e. The van der Waals surface area contributed by atoms with Crippen LogP contribution >= 0.6 is 0 Å². The molecular formula is C24H38N4O5. The Kier molecular flexibility index (Phi) is 11.6. The molecule has 0 fully saturated rings. The molecule has 4 unspecified atom stereocenters. The van der Waals surface area contributed by atoms with Crippen LogP contribution in [-0.2, 0) is 25.6 Å². The maximum absolute atomic E-state index is 13.1. The monoisotopic (exact) mass is 462 g/mol. The summed E-state index contributed by atoms with van der Waals surface area (Å²) >= 11 is 0. The van der Waals surface area contributed by atoms with E-state index in [1.165, 1.54) is 6.92 Å². The number of aliphatic carboxylic acids is 1. The zero-order valence-corrected chi connectivity index (χ0v) is 20.1. The van der Waals surface area contributed by atoms with Crippen LogP contribution in [0.1, 0.15) is 53.0 Å². The molecular weight excluding hydrogens is 424 g/mol. The second-order valence-electron chi connectivity index (χ2n) is 9.26. The van der Waals surface area contributed by atoms with Crippen LogP contribution in [0.5, 0.6) is 0 Å². The van der Waals surface area contributed by atoms with E-state index >= 15 is 0 Å². The Labute approximate surface area is 195 Å². The summed E-state index contributed by atoms with van der Waals surface area (Å²) in [5.41, 5.74) is 6.43. The first-order chi connectivity index (χ1) is 15.4. The van der Waals surface area contributed by atoms with Gasteiger partial charge in [-0.25, -0.2) is 4.79 Å². The Morgan fingerprint density at radius 2 is 1.21 bits per heavy atom. The zero-order chi connectivity index (χ0) is 25.1. The first-order valence-electron chi connectivity index (χ1n) is 11.3. The van der Waals surface area contributed by atoms with E-state index in [4.69, 9.17) is 5.73 Å². The molecule has 9 heteroatoms. The molecule has 0 aliphatic carbocycles. The van der Waals surface area contributed by atoms with Crippen molar-refractivity contribution in [3.8, 4) is 0 Å². The Bertz CT molecular complexity index is 795. The van der Waals surface area contributed by atoms with Gasteiger partial charge in [0, 0.05) is 6.42 Å². The molecule has 3 amide bonds. The predicted molar refractivity (Wildman–Crippen MR) is 126 cm³/mol. The van der Waals surface area contributed by atoms with Crippen molar-refractivity contribution in [1.82, 2.24) is 16.0 Å². The summed E-state index contributed by atoms with van der Waals surface area (Å²) in [6, 6.07) is 5.35. The van der Waals surface area contributed by atoms with E-state index in [0.717, 1.165) is 5.56 Å². The molecule has 4 atom stereocenters. The van der Waals surface area contributed by atoms with Gasteiger partial charge in [-0.2, -0.15) is 0 Å². The van der Waals surface area contributed by atoms with Crippen LogP contribution in [0.4, 0.5) is 0 Å². The second kappa shape index (κ2) is 13.6. The van der Waals surface area contributed by atoms with Crippen molar-refractivity contribution in [2.24, 2.45) is 17.6 Å². The third-order valence-corrected chi connectivity index (χ3v) is 4.99. The number of carbonyl (C=O) groups excluding carboxylic acids is 3. The van der Waals surface area contributed by atoms with Gasteiger partial charge in [-0.05, 0) is 37.2 Å². The molecule has 0 aliphatic rings. The average Bonchev–Trinajstić information content (AvgIpc) is 2.72. The van der Waals surface area contributed by atoms with E-state index in [1.807, 2.05) is 58.0 Å². The van der Waals surface area contributed by atoms with E-state index in [1.54, 1.807) is 0 Å². The van der Waals surface area contributed by atoms with Gasteiger partial charge in [-0.1, -0.05) is 58.0 Å². The lowest BCUT2D eigenvalue weighted by Crippen LogP contribution is -2.57. The average molecular weight is 463 g/mol. The summed E-state index contributed by atoms with van der Waals surface area (Å²) in [5, 5.41) is 17.4. The molecule has 1 aromatic rings. The Balaban J connectivity index is 3.10. The molecule has 0 saturated carbocycles. The smallest absolute Gasteiger partial charge is 0.326 e. The van der Waals surface area contributed by atoms with Gasteiger partial charge in [-0.15, -0.1) is 0 Å². The first kappa shape index (κ1) is 28.1. The number of amides is 3. The number of rotatable bonds is 13. The van der Waals surface area contributed by atoms with Gasteiger partial charge in [0.25, 0.3) is 0 Å². The number of nitrogens with two attached hydrogens (primary N) is 1. The van der Waals surface area contributed by atoms with Gasteiger partial charge in [0.05, 0.1) is 6.04 Å². The van der Waals surface area contributed by atoms with E-state index in [9.17, 15) is 24.3 Å². The van der Waals surface area contributed by atoms with Crippen molar-refractivity contribution >= 4 is 23.7 Å². The number of carboxylic acids is 1. The molecule has 0 aliphatic heterocycles. The number of benzene rings is 1. The van der Waals surface area contributed by atoms with Gasteiger partial charge in [0.15, 0.2) is 0 Å². The van der Waals surface area contributed by atoms with Crippen LogP contribution in [0, 0.1) is 11.8 Å². The van der Waals surface area contributed by atoms with Crippen LogP contribution in [0.2, 0.25) is 0 Å². The minimum absolute atomic E-state index is 0.0532. The number of hydrogen-bond donors (Lipinski definition) is 5. The largest absolute Gasteiger partial charge is 0.480 e. The fraction of sp³-hybridized carbons (Fsp3) is 0.583. The summed E-state index contributed by atoms with van der Waals surface area (Å²) in [5.74, 6) is -2.58. The van der Waals surface area contributed by atoms with Crippen molar-refractivity contribution in [3.05, 3.63) is 35.9 Å². The molecule has 6 N–H and O–H groups in total. The van der Waals surface area contributed by atoms with Crippen LogP contribution in [0.15, 0.2) is 30.3 Å². The highest BCUT2D eigenvalue weighted by Crippen LogP contribution is 2.10. The highest BCUT2D eigenvalue weighted by atomic mass is 16.4. The molecule has 0 saturated heterocycles. The van der Waals surface area contributed by atoms with Crippen LogP contribution < -0.4 is 21.7 Å². The second-order valence-corrected chi connectivity index (χ2v) is 9.26. The molecule has 1 aromatic carbocycles. The van der Waals surface area contributed by atoms with Gasteiger partial charge in [0.2, 0.25) is 17.7 Å². The highest BCUT2D eigenvalue weighted by molar-refractivity contribution is 5.94. The van der Waals surface area contributed by atoms with E-state index in [-0.39, 0.29) is 24.7 Å². The lowest BCUT2D eigenvalue weighted by Gasteiger charge is -2.26. The number of nitrogens with one attached hydrogen (secondary N) is 3. The molecule has 0 spiro atoms. The maximum atomic E-state index is 13.1. The normalized spacial score (nSPS) is 14.8. The first-order valence-corrected chi connectivity index (χ1v) is 11.3. The highest BCUT2D eigenvalue weighted by Gasteiger charge is 2.30. The SMILES string of the molecule is CC(C)CC(NC(=O)C(Cc1ccccc1)NC(=O)C(CC(C)C)NC(=O)C(C)N)C(=O)O. The Hall–Kier alpha value is -2.94. The molecule has 0 heterocycles. The number of hydrogen-bond acceptors (Lipinski definition) is 5. The number of carboxylic acid groups (broad SMARTS) is 1. The molecule has 0 radical (unpaired) electrons. The van der Waals surface area contributed by atoms with Gasteiger partial charge in [0.1, 0.15) is 18.1 Å². The lowest BCUT2D eigenvalue weighted by molar-refractivity contribution is -0.142. The third kappa shape index (κ3) is 10.5. The molecule has 0 bridgehead atoms. The van der Waals surface area contributed by atoms with Gasteiger partial charge in [-0.3, -0.25) is 14.4 Å². The van der Waals surface area contributed by atoms with Crippen molar-refractivity contribution < 1.29 is 24.3 Å². The summed E-state index contributed by atoms with van der Waals surface area (Å²) in [4.78, 5) is 49.9. The molecule has 9 nitrogen and oxygen atoms in total. The molecule has 1 rings (SSSR count). The topological polar surface area (TPSA) is 151 Å². The minimum atomic E-state index is -1.14. The summed E-state index contributed by atoms with van der Waals surface area (Å²) in [7, 11) is 0. The van der Waals surface area contributed by atoms with Crippen LogP contribution in [0.3, 0.4) is 0 Å². The van der Waals surface area contributed by atoms with E-state index in [0.29, 0.717) is 6.42 Å². The van der Waals surface area contributed by atoms with E-state index < -0.39 is 47.9 Å². The Morgan fingerprint density at radius 3 is 1.70 bits per heavy atom. The molecule has 184 valence electrons. The van der Waals surface area contributed by atoms with Crippen molar-refractivity contribution in [2.75, 3.05) is 0 Å². The molecule has 0 aromatic heterocycles. The van der Waals surface area contributed by atoms with Crippen molar-refractivity contribution in [2.45, 2.75) is 78.0 Å². The lowest BCUT2D eigenvalue weighted by atomic mass is 10.00. The summed E-state index contributed by atoms with van der Waals surface area (Å²) in [6.07, 6.45) is 0.782. The van der Waals surface area contributed by atoms with Gasteiger partial charge >= 0.3 is 5.97 Å². The molecule has 33 heavy (non-hydrogen) atoms. The Morgan fingerprint density at radius 1 is 0.758 bits per heavy atom.